The van der Waals surface area contributed by atoms with E-state index in [4.69, 9.17) is 4.74 Å². The molecule has 0 saturated heterocycles. The molecule has 290 valence electrons. The molecule has 4 aromatic rings. The Hall–Kier alpha value is -4.47. The molecule has 10 nitrogen and oxygen atoms in total. The Balaban J connectivity index is 1.53. The van der Waals surface area contributed by atoms with Crippen LogP contribution in [0.3, 0.4) is 0 Å². The van der Waals surface area contributed by atoms with Gasteiger partial charge >= 0.3 is 12.3 Å². The smallest absolute Gasteiger partial charge is 0.435 e. The number of alkyl halides is 3. The Kier molecular flexibility index (Phi) is 11.8. The van der Waals surface area contributed by atoms with Crippen molar-refractivity contribution in [1.82, 2.24) is 24.8 Å². The van der Waals surface area contributed by atoms with Crippen LogP contribution < -0.4 is 15.4 Å². The first kappa shape index (κ1) is 40.7. The van der Waals surface area contributed by atoms with E-state index >= 15 is 4.39 Å². The van der Waals surface area contributed by atoms with Crippen molar-refractivity contribution < 1.29 is 36.4 Å². The lowest BCUT2D eigenvalue weighted by Gasteiger charge is -2.38. The number of nitrogens with zero attached hydrogens (tertiary/aromatic N) is 3. The number of alkyl carbamates (subject to hydrolysis) is 1. The first-order chi connectivity index (χ1) is 25.1. The molecule has 2 atom stereocenters. The summed E-state index contributed by atoms with van der Waals surface area (Å²) >= 11 is -1.61. The maximum absolute atomic E-state index is 15.6. The molecule has 0 radical (unpaired) electrons. The second kappa shape index (κ2) is 15.7. The lowest BCUT2D eigenvalue weighted by molar-refractivity contribution is -0.141. The summed E-state index contributed by atoms with van der Waals surface area (Å²) in [5.41, 5.74) is -1.42. The number of hydrogen-bond acceptors (Lipinski definition) is 7. The van der Waals surface area contributed by atoms with Crippen LogP contribution >= 0.6 is 0 Å². The third kappa shape index (κ3) is 10.2. The van der Waals surface area contributed by atoms with Gasteiger partial charge in [0.2, 0.25) is 0 Å². The van der Waals surface area contributed by atoms with Crippen molar-refractivity contribution >= 4 is 29.0 Å². The summed E-state index contributed by atoms with van der Waals surface area (Å²) in [5.74, 6) is -1.42. The van der Waals surface area contributed by atoms with Crippen LogP contribution in [0, 0.1) is 18.7 Å². The van der Waals surface area contributed by atoms with Crippen molar-refractivity contribution in [3.63, 3.8) is 0 Å². The van der Waals surface area contributed by atoms with Gasteiger partial charge in [0.1, 0.15) is 27.4 Å². The lowest BCUT2D eigenvalue weighted by Crippen LogP contribution is -2.52. The molecule has 1 fully saturated rings. The molecule has 0 aliphatic heterocycles. The molecule has 15 heteroatoms. The number of hydrogen-bond donors (Lipinski definition) is 3. The van der Waals surface area contributed by atoms with Gasteiger partial charge in [-0.3, -0.25) is 9.78 Å². The highest BCUT2D eigenvalue weighted by molar-refractivity contribution is 7.90. The molecule has 5 rings (SSSR count). The number of amides is 2. The second-order valence-corrected chi connectivity index (χ2v) is 17.6. The first-order valence-electron chi connectivity index (χ1n) is 17.6. The quantitative estimate of drug-likeness (QED) is 0.0972. The number of carbonyl (C=O) groups is 2. The highest BCUT2D eigenvalue weighted by atomic mass is 32.2. The van der Waals surface area contributed by atoms with Crippen molar-refractivity contribution in [3.8, 4) is 5.69 Å². The van der Waals surface area contributed by atoms with Gasteiger partial charge in [-0.15, -0.1) is 4.72 Å². The van der Waals surface area contributed by atoms with Crippen molar-refractivity contribution in [2.45, 2.75) is 103 Å². The summed E-state index contributed by atoms with van der Waals surface area (Å²) in [5, 5.41) is 8.77. The van der Waals surface area contributed by atoms with Crippen molar-refractivity contribution in [2.75, 3.05) is 5.32 Å². The first-order valence-corrected chi connectivity index (χ1v) is 18.8. The number of anilines is 1. The number of pyridine rings is 1. The molecule has 1 unspecified atom stereocenters. The van der Waals surface area contributed by atoms with Crippen molar-refractivity contribution in [2.24, 2.45) is 5.92 Å². The molecule has 2 heterocycles. The van der Waals surface area contributed by atoms with Gasteiger partial charge < -0.3 is 19.9 Å². The number of aryl methyl sites for hydroxylation is 1. The minimum Gasteiger partial charge on any atom is -0.598 e. The zero-order chi connectivity index (χ0) is 39.6. The monoisotopic (exact) mass is 770 g/mol. The molecule has 2 amide bonds. The Morgan fingerprint density at radius 2 is 1.70 bits per heavy atom. The van der Waals surface area contributed by atoms with Gasteiger partial charge in [0, 0.05) is 36.4 Å². The van der Waals surface area contributed by atoms with Gasteiger partial charge in [0.05, 0.1) is 11.4 Å². The largest absolute Gasteiger partial charge is 0.598 e. The van der Waals surface area contributed by atoms with E-state index in [1.54, 1.807) is 45.3 Å². The summed E-state index contributed by atoms with van der Waals surface area (Å²) in [7, 11) is 0. The van der Waals surface area contributed by atoms with Crippen LogP contribution in [0.25, 0.3) is 5.69 Å². The fraction of sp³-hybridized carbons (Fsp3) is 0.436. The average Bonchev–Trinajstić information content (AvgIpc) is 3.79. The Bertz CT molecular complexity index is 1990. The van der Waals surface area contributed by atoms with Gasteiger partial charge in [0.15, 0.2) is 5.69 Å². The van der Waals surface area contributed by atoms with E-state index in [9.17, 15) is 27.3 Å². The highest BCUT2D eigenvalue weighted by Gasteiger charge is 2.44. The van der Waals surface area contributed by atoms with Crippen LogP contribution in [0.5, 0.6) is 0 Å². The molecule has 54 heavy (non-hydrogen) atoms. The van der Waals surface area contributed by atoms with E-state index < -0.39 is 62.6 Å². The second-order valence-electron chi connectivity index (χ2n) is 15.6. The Labute approximate surface area is 315 Å². The van der Waals surface area contributed by atoms with Crippen LogP contribution in [0.1, 0.15) is 106 Å². The SMILES string of the molecule is Cc1cncc(C(CCC2CC2)(N[S@+]([O-])C(C)(C)C)c2ccc(F)c(NC(=O)c3cc(C(F)(F)F)nn3-c3cccc(CNC(=O)OC(C)(C)C)c3)c2)c1. The number of benzene rings is 2. The van der Waals surface area contributed by atoms with Crippen molar-refractivity contribution in [1.29, 1.82) is 0 Å². The molecule has 1 aliphatic carbocycles. The van der Waals surface area contributed by atoms with E-state index in [0.29, 0.717) is 35.1 Å². The maximum atomic E-state index is 15.6. The third-order valence-corrected chi connectivity index (χ3v) is 10.4. The predicted octanol–water partition coefficient (Wildman–Crippen LogP) is 8.50. The van der Waals surface area contributed by atoms with E-state index in [0.717, 1.165) is 29.5 Å². The Morgan fingerprint density at radius 3 is 2.33 bits per heavy atom. The standard InChI is InChI=1S/C39H46F4N6O4S/c1-24-17-28(23-44-21-24)38(16-15-25-11-12-25,48-54(52)37(5,6)7)27-13-14-30(40)31(19-27)46-34(50)32-20-33(39(41,42)43)47-49(32)29-10-8-9-26(18-29)22-45-35(51)53-36(2,3)4/h8-10,13-14,17-21,23,25,48H,11-12,15-16,22H2,1-7H3,(H,45,51)(H,46,50)/t38?,54-/m1/s1. The number of nitrogens with one attached hydrogen (secondary N) is 3. The van der Waals surface area contributed by atoms with Gasteiger partial charge in [0.25, 0.3) is 5.91 Å². The van der Waals surface area contributed by atoms with Crippen LogP contribution in [0.4, 0.5) is 28.0 Å². The van der Waals surface area contributed by atoms with Crippen LogP contribution in [0.15, 0.2) is 67.0 Å². The zero-order valence-electron chi connectivity index (χ0n) is 31.4. The zero-order valence-corrected chi connectivity index (χ0v) is 32.2. The maximum Gasteiger partial charge on any atom is 0.435 e. The predicted molar refractivity (Wildman–Crippen MR) is 199 cm³/mol. The van der Waals surface area contributed by atoms with E-state index in [-0.39, 0.29) is 17.9 Å². The summed E-state index contributed by atoms with van der Waals surface area (Å²) < 4.78 is 80.2. The highest BCUT2D eigenvalue weighted by Crippen LogP contribution is 2.43. The topological polar surface area (TPSA) is 133 Å². The number of halogens is 4. The van der Waals surface area contributed by atoms with E-state index in [1.165, 1.54) is 30.3 Å². The molecule has 0 spiro atoms. The van der Waals surface area contributed by atoms with Gasteiger partial charge in [-0.25, -0.2) is 13.9 Å². The van der Waals surface area contributed by atoms with E-state index in [2.05, 4.69) is 25.4 Å². The van der Waals surface area contributed by atoms with E-state index in [1.807, 2.05) is 33.8 Å². The summed E-state index contributed by atoms with van der Waals surface area (Å²) in [6, 6.07) is 12.7. The fourth-order valence-electron chi connectivity index (χ4n) is 5.79. The molecule has 2 aromatic carbocycles. The summed E-state index contributed by atoms with van der Waals surface area (Å²) in [6.45, 7) is 12.5. The average molecular weight is 771 g/mol. The van der Waals surface area contributed by atoms with Gasteiger partial charge in [-0.1, -0.05) is 37.1 Å². The number of carbonyl (C=O) groups excluding carboxylic acids is 2. The normalized spacial score (nSPS) is 15.3. The van der Waals surface area contributed by atoms with Gasteiger partial charge in [-0.2, -0.15) is 18.3 Å². The Morgan fingerprint density at radius 1 is 0.981 bits per heavy atom. The molecule has 0 bridgehead atoms. The van der Waals surface area contributed by atoms with Crippen molar-refractivity contribution in [3.05, 3.63) is 106 Å². The number of aromatic nitrogens is 3. The molecule has 1 saturated carbocycles. The number of rotatable bonds is 12. The summed E-state index contributed by atoms with van der Waals surface area (Å²) in [6.07, 6.45) is 1.14. The molecule has 2 aromatic heterocycles. The third-order valence-electron chi connectivity index (χ3n) is 8.75. The molecular formula is C39H46F4N6O4S. The van der Waals surface area contributed by atoms with Crippen LogP contribution in [-0.4, -0.2) is 41.7 Å². The molecular weight excluding hydrogens is 725 g/mol. The molecule has 1 aliphatic rings. The minimum absolute atomic E-state index is 0.0251. The van der Waals surface area contributed by atoms with Crippen LogP contribution in [-0.2, 0) is 34.4 Å². The molecule has 3 N–H and O–H groups in total. The number of ether oxygens (including phenoxy) is 1. The van der Waals surface area contributed by atoms with Crippen LogP contribution in [0.2, 0.25) is 0 Å². The van der Waals surface area contributed by atoms with Gasteiger partial charge in [-0.05, 0) is 114 Å². The minimum atomic E-state index is -4.90. The lowest BCUT2D eigenvalue weighted by atomic mass is 9.79. The fourth-order valence-corrected chi connectivity index (χ4v) is 6.75. The summed E-state index contributed by atoms with van der Waals surface area (Å²) in [4.78, 5) is 30.5.